The lowest BCUT2D eigenvalue weighted by atomic mass is 10.2. The number of hydrogen-bond donors (Lipinski definition) is 1. The van der Waals surface area contributed by atoms with E-state index < -0.39 is 17.5 Å². The van der Waals surface area contributed by atoms with Crippen molar-refractivity contribution in [1.82, 2.24) is 30.1 Å². The molecule has 4 rings (SSSR count). The summed E-state index contributed by atoms with van der Waals surface area (Å²) in [6.45, 7) is 1.40. The maximum absolute atomic E-state index is 14.1. The van der Waals surface area contributed by atoms with Crippen molar-refractivity contribution in [3.63, 3.8) is 0 Å². The Morgan fingerprint density at radius 3 is 2.65 bits per heavy atom. The normalized spacial score (nSPS) is 14.2. The largest absolute Gasteiger partial charge is 0.355 e. The van der Waals surface area contributed by atoms with E-state index in [-0.39, 0.29) is 17.3 Å². The number of amides is 1. The highest BCUT2D eigenvalue weighted by atomic mass is 19.2. The summed E-state index contributed by atoms with van der Waals surface area (Å²) in [5, 5.41) is 10.9. The Morgan fingerprint density at radius 2 is 1.88 bits per heavy atom. The van der Waals surface area contributed by atoms with Crippen molar-refractivity contribution >= 4 is 5.91 Å². The van der Waals surface area contributed by atoms with Gasteiger partial charge in [0.2, 0.25) is 0 Å². The van der Waals surface area contributed by atoms with Crippen LogP contribution in [0.5, 0.6) is 0 Å². The molecule has 1 aromatic carbocycles. The van der Waals surface area contributed by atoms with E-state index >= 15 is 0 Å². The molecule has 1 amide bonds. The van der Waals surface area contributed by atoms with Gasteiger partial charge in [0.25, 0.3) is 5.91 Å². The van der Waals surface area contributed by atoms with Crippen molar-refractivity contribution in [2.24, 2.45) is 0 Å². The highest BCUT2D eigenvalue weighted by molar-refractivity contribution is 5.93. The first-order chi connectivity index (χ1) is 12.6. The van der Waals surface area contributed by atoms with E-state index in [0.717, 1.165) is 29.7 Å². The summed E-state index contributed by atoms with van der Waals surface area (Å²) in [5.74, 6) is -4.55. The molecule has 1 aliphatic heterocycles. The van der Waals surface area contributed by atoms with Gasteiger partial charge in [-0.2, -0.15) is 4.68 Å². The molecule has 0 unspecified atom stereocenters. The SMILES string of the molecule is O=C(c1cc(-n2nnnc2-c2ccc(F)c(F)c2F)c[nH]1)N1CCCC1. The summed E-state index contributed by atoms with van der Waals surface area (Å²) in [5.41, 5.74) is 0.424. The Hall–Kier alpha value is -3.17. The minimum atomic E-state index is -1.60. The summed E-state index contributed by atoms with van der Waals surface area (Å²) in [7, 11) is 0. The summed E-state index contributed by atoms with van der Waals surface area (Å²) < 4.78 is 41.9. The molecule has 26 heavy (non-hydrogen) atoms. The zero-order valence-electron chi connectivity index (χ0n) is 13.4. The maximum Gasteiger partial charge on any atom is 0.270 e. The number of halogens is 3. The Labute approximate surface area is 145 Å². The number of likely N-dealkylation sites (tertiary alicyclic amines) is 1. The molecular weight excluding hydrogens is 349 g/mol. The smallest absolute Gasteiger partial charge is 0.270 e. The van der Waals surface area contributed by atoms with Gasteiger partial charge < -0.3 is 9.88 Å². The van der Waals surface area contributed by atoms with Gasteiger partial charge in [0.05, 0.1) is 11.3 Å². The number of aromatic amines is 1. The quantitative estimate of drug-likeness (QED) is 0.725. The Balaban J connectivity index is 1.70. The third-order valence-corrected chi connectivity index (χ3v) is 4.28. The number of hydrogen-bond acceptors (Lipinski definition) is 4. The molecule has 134 valence electrons. The highest BCUT2D eigenvalue weighted by Crippen LogP contribution is 2.26. The van der Waals surface area contributed by atoms with Crippen molar-refractivity contribution in [1.29, 1.82) is 0 Å². The van der Waals surface area contributed by atoms with Crippen LogP contribution in [0.25, 0.3) is 17.1 Å². The fraction of sp³-hybridized carbons (Fsp3) is 0.250. The zero-order valence-corrected chi connectivity index (χ0v) is 13.4. The second-order valence-electron chi connectivity index (χ2n) is 5.91. The number of rotatable bonds is 3. The van der Waals surface area contributed by atoms with Crippen LogP contribution in [0.3, 0.4) is 0 Å². The average Bonchev–Trinajstić information content (AvgIpc) is 3.39. The van der Waals surface area contributed by atoms with E-state index in [2.05, 4.69) is 20.5 Å². The van der Waals surface area contributed by atoms with Crippen molar-refractivity contribution in [3.05, 3.63) is 47.5 Å². The van der Waals surface area contributed by atoms with E-state index in [1.807, 2.05) is 0 Å². The predicted molar refractivity (Wildman–Crippen MR) is 84.0 cm³/mol. The van der Waals surface area contributed by atoms with Crippen molar-refractivity contribution in [2.45, 2.75) is 12.8 Å². The van der Waals surface area contributed by atoms with E-state index in [4.69, 9.17) is 0 Å². The number of nitrogens with one attached hydrogen (secondary N) is 1. The molecule has 0 atom stereocenters. The van der Waals surface area contributed by atoms with Crippen molar-refractivity contribution < 1.29 is 18.0 Å². The molecule has 3 heterocycles. The first kappa shape index (κ1) is 16.3. The molecule has 0 saturated carbocycles. The second kappa shape index (κ2) is 6.28. The Kier molecular flexibility index (Phi) is 3.94. The minimum absolute atomic E-state index is 0.111. The number of carbonyl (C=O) groups excluding carboxylic acids is 1. The van der Waals surface area contributed by atoms with E-state index in [9.17, 15) is 18.0 Å². The molecule has 0 spiro atoms. The third kappa shape index (κ3) is 2.63. The van der Waals surface area contributed by atoms with Gasteiger partial charge in [0, 0.05) is 19.3 Å². The number of nitrogens with zero attached hydrogens (tertiary/aromatic N) is 5. The molecule has 1 aliphatic rings. The van der Waals surface area contributed by atoms with Crippen LogP contribution in [0.4, 0.5) is 13.2 Å². The van der Waals surface area contributed by atoms with Gasteiger partial charge in [-0.3, -0.25) is 4.79 Å². The van der Waals surface area contributed by atoms with Crippen LogP contribution in [0.1, 0.15) is 23.3 Å². The van der Waals surface area contributed by atoms with E-state index in [1.165, 1.54) is 12.3 Å². The van der Waals surface area contributed by atoms with E-state index in [0.29, 0.717) is 24.5 Å². The number of H-pyrrole nitrogens is 1. The van der Waals surface area contributed by atoms with Crippen LogP contribution < -0.4 is 0 Å². The van der Waals surface area contributed by atoms with Gasteiger partial charge in [-0.15, -0.1) is 5.10 Å². The lowest BCUT2D eigenvalue weighted by molar-refractivity contribution is 0.0787. The molecule has 0 radical (unpaired) electrons. The van der Waals surface area contributed by atoms with Crippen LogP contribution in [-0.2, 0) is 0 Å². The molecule has 1 saturated heterocycles. The minimum Gasteiger partial charge on any atom is -0.355 e. The Morgan fingerprint density at radius 1 is 1.12 bits per heavy atom. The maximum atomic E-state index is 14.1. The van der Waals surface area contributed by atoms with Gasteiger partial charge in [-0.1, -0.05) is 0 Å². The number of aromatic nitrogens is 5. The summed E-state index contributed by atoms with van der Waals surface area (Å²) >= 11 is 0. The molecule has 10 heteroatoms. The van der Waals surface area contributed by atoms with Gasteiger partial charge >= 0.3 is 0 Å². The predicted octanol–water partition coefficient (Wildman–Crippen LogP) is 2.31. The molecule has 2 aromatic heterocycles. The van der Waals surface area contributed by atoms with Gasteiger partial charge in [-0.05, 0) is 41.5 Å². The fourth-order valence-electron chi connectivity index (χ4n) is 2.95. The van der Waals surface area contributed by atoms with Crippen molar-refractivity contribution in [3.8, 4) is 17.1 Å². The molecule has 1 N–H and O–H groups in total. The number of carbonyl (C=O) groups is 1. The number of benzene rings is 1. The summed E-state index contributed by atoms with van der Waals surface area (Å²) in [6.07, 6.45) is 3.42. The molecule has 3 aromatic rings. The second-order valence-corrected chi connectivity index (χ2v) is 5.91. The summed E-state index contributed by atoms with van der Waals surface area (Å²) in [6, 6.07) is 3.38. The van der Waals surface area contributed by atoms with Crippen LogP contribution in [-0.4, -0.2) is 49.1 Å². The molecule has 0 bridgehead atoms. The topological polar surface area (TPSA) is 79.7 Å². The van der Waals surface area contributed by atoms with E-state index in [1.54, 1.807) is 4.90 Å². The van der Waals surface area contributed by atoms with Crippen LogP contribution in [0.2, 0.25) is 0 Å². The fourth-order valence-corrected chi connectivity index (χ4v) is 2.95. The molecule has 0 aliphatic carbocycles. The molecular formula is C16H13F3N6O. The zero-order chi connectivity index (χ0) is 18.3. The first-order valence-corrected chi connectivity index (χ1v) is 7.96. The van der Waals surface area contributed by atoms with Gasteiger partial charge in [-0.25, -0.2) is 13.2 Å². The Bertz CT molecular complexity index is 976. The first-order valence-electron chi connectivity index (χ1n) is 7.96. The average molecular weight is 362 g/mol. The lowest BCUT2D eigenvalue weighted by Crippen LogP contribution is -2.27. The molecule has 1 fully saturated rings. The standard InChI is InChI=1S/C16H13F3N6O/c17-11-4-3-10(13(18)14(11)19)15-21-22-23-25(15)9-7-12(20-8-9)16(26)24-5-1-2-6-24/h3-4,7-8,20H,1-2,5-6H2. The van der Waals surface area contributed by atoms with Gasteiger partial charge in [0.15, 0.2) is 23.3 Å². The highest BCUT2D eigenvalue weighted by Gasteiger charge is 2.23. The summed E-state index contributed by atoms with van der Waals surface area (Å²) in [4.78, 5) is 17.0. The van der Waals surface area contributed by atoms with Crippen LogP contribution in [0.15, 0.2) is 24.4 Å². The monoisotopic (exact) mass is 362 g/mol. The molecule has 7 nitrogen and oxygen atoms in total. The van der Waals surface area contributed by atoms with Gasteiger partial charge in [0.1, 0.15) is 5.69 Å². The van der Waals surface area contributed by atoms with Crippen molar-refractivity contribution in [2.75, 3.05) is 13.1 Å². The lowest BCUT2D eigenvalue weighted by Gasteiger charge is -2.13. The van der Waals surface area contributed by atoms with Crippen LogP contribution >= 0.6 is 0 Å². The number of tetrazole rings is 1. The van der Waals surface area contributed by atoms with Crippen LogP contribution in [0, 0.1) is 17.5 Å². The third-order valence-electron chi connectivity index (χ3n) is 4.28.